The third-order valence-corrected chi connectivity index (χ3v) is 4.84. The van der Waals surface area contributed by atoms with Crippen LogP contribution in [0.25, 0.3) is 0 Å². The molecule has 8 heteroatoms. The monoisotopic (exact) mass is 410 g/mol. The molecule has 0 radical (unpaired) electrons. The summed E-state index contributed by atoms with van der Waals surface area (Å²) in [4.78, 5) is 42.5. The fourth-order valence-electron chi connectivity index (χ4n) is 3.27. The van der Waals surface area contributed by atoms with Gasteiger partial charge in [-0.05, 0) is 56.5 Å². The number of aromatic nitrogens is 1. The number of pyridine rings is 1. The molecule has 8 nitrogen and oxygen atoms in total. The van der Waals surface area contributed by atoms with E-state index in [1.54, 1.807) is 24.8 Å². The normalized spacial score (nSPS) is 13.1. The zero-order chi connectivity index (χ0) is 21.5. The highest BCUT2D eigenvalue weighted by molar-refractivity contribution is 5.95. The molecule has 0 aliphatic carbocycles. The Kier molecular flexibility index (Phi) is 7.00. The molecule has 2 heterocycles. The van der Waals surface area contributed by atoms with Crippen molar-refractivity contribution in [3.05, 3.63) is 58.9 Å². The summed E-state index contributed by atoms with van der Waals surface area (Å²) < 4.78 is 4.97. The molecule has 0 spiro atoms. The second-order valence-corrected chi connectivity index (χ2v) is 7.06. The highest BCUT2D eigenvalue weighted by Gasteiger charge is 2.18. The van der Waals surface area contributed by atoms with Gasteiger partial charge < -0.3 is 20.3 Å². The Morgan fingerprint density at radius 3 is 2.60 bits per heavy atom. The number of nitrogens with one attached hydrogen (secondary N) is 2. The van der Waals surface area contributed by atoms with Crippen LogP contribution < -0.4 is 10.6 Å². The number of nitrogens with zero attached hydrogens (tertiary/aromatic N) is 2. The van der Waals surface area contributed by atoms with Gasteiger partial charge in [0.1, 0.15) is 5.69 Å². The van der Waals surface area contributed by atoms with Crippen molar-refractivity contribution >= 4 is 23.6 Å². The molecule has 0 saturated carbocycles. The first kappa shape index (κ1) is 21.3. The van der Waals surface area contributed by atoms with Crippen LogP contribution >= 0.6 is 0 Å². The zero-order valence-electron chi connectivity index (χ0n) is 17.2. The Balaban J connectivity index is 1.58. The van der Waals surface area contributed by atoms with Crippen LogP contribution in [-0.2, 0) is 11.3 Å². The van der Waals surface area contributed by atoms with Gasteiger partial charge >= 0.3 is 12.0 Å². The summed E-state index contributed by atoms with van der Waals surface area (Å²) in [6, 6.07) is 10.3. The fourth-order valence-corrected chi connectivity index (χ4v) is 3.27. The first-order chi connectivity index (χ1) is 14.5. The molecule has 0 bridgehead atoms. The van der Waals surface area contributed by atoms with Crippen LogP contribution in [0.15, 0.2) is 36.4 Å². The Morgan fingerprint density at radius 1 is 1.13 bits per heavy atom. The number of likely N-dealkylation sites (tertiary alicyclic amines) is 1. The molecule has 1 fully saturated rings. The van der Waals surface area contributed by atoms with E-state index >= 15 is 0 Å². The lowest BCUT2D eigenvalue weighted by atomic mass is 10.1. The lowest BCUT2D eigenvalue weighted by Gasteiger charge is -2.16. The molecule has 30 heavy (non-hydrogen) atoms. The predicted molar refractivity (Wildman–Crippen MR) is 112 cm³/mol. The van der Waals surface area contributed by atoms with Gasteiger partial charge in [0, 0.05) is 25.3 Å². The average molecular weight is 410 g/mol. The van der Waals surface area contributed by atoms with Gasteiger partial charge in [-0.25, -0.2) is 14.6 Å². The van der Waals surface area contributed by atoms with E-state index in [9.17, 15) is 14.4 Å². The van der Waals surface area contributed by atoms with Gasteiger partial charge in [-0.15, -0.1) is 0 Å². The highest BCUT2D eigenvalue weighted by atomic mass is 16.5. The zero-order valence-corrected chi connectivity index (χ0v) is 17.2. The second-order valence-electron chi connectivity index (χ2n) is 7.06. The number of hydrogen-bond donors (Lipinski definition) is 2. The van der Waals surface area contributed by atoms with Gasteiger partial charge in [-0.1, -0.05) is 12.1 Å². The molecule has 1 saturated heterocycles. The lowest BCUT2D eigenvalue weighted by Crippen LogP contribution is -2.32. The van der Waals surface area contributed by atoms with Crippen molar-refractivity contribution in [1.82, 2.24) is 15.2 Å². The Labute approximate surface area is 175 Å². The summed E-state index contributed by atoms with van der Waals surface area (Å²) in [5.74, 6) is -0.803. The maximum Gasteiger partial charge on any atom is 0.339 e. The van der Waals surface area contributed by atoms with Crippen LogP contribution in [0, 0.1) is 6.92 Å². The van der Waals surface area contributed by atoms with Crippen molar-refractivity contribution in [2.45, 2.75) is 33.2 Å². The first-order valence-electron chi connectivity index (χ1n) is 10.1. The molecule has 1 aliphatic rings. The number of rotatable bonds is 6. The number of hydrogen-bond acceptors (Lipinski definition) is 5. The maximum absolute atomic E-state index is 12.4. The van der Waals surface area contributed by atoms with Gasteiger partial charge in [-0.3, -0.25) is 4.79 Å². The van der Waals surface area contributed by atoms with E-state index < -0.39 is 5.97 Å². The van der Waals surface area contributed by atoms with Crippen molar-refractivity contribution in [3.63, 3.8) is 0 Å². The number of amides is 3. The van der Waals surface area contributed by atoms with Crippen LogP contribution in [0.1, 0.15) is 51.9 Å². The lowest BCUT2D eigenvalue weighted by molar-refractivity contribution is 0.0524. The topological polar surface area (TPSA) is 101 Å². The Hall–Kier alpha value is -3.42. The molecule has 1 aromatic carbocycles. The van der Waals surface area contributed by atoms with Crippen molar-refractivity contribution in [1.29, 1.82) is 0 Å². The molecule has 1 aliphatic heterocycles. The summed E-state index contributed by atoms with van der Waals surface area (Å²) in [7, 11) is 0. The van der Waals surface area contributed by atoms with E-state index in [2.05, 4.69) is 15.6 Å². The molecule has 158 valence electrons. The largest absolute Gasteiger partial charge is 0.462 e. The van der Waals surface area contributed by atoms with Gasteiger partial charge in [0.15, 0.2) is 0 Å². The molecule has 3 rings (SSSR count). The quantitative estimate of drug-likeness (QED) is 0.713. The van der Waals surface area contributed by atoms with E-state index in [1.807, 2.05) is 24.3 Å². The van der Waals surface area contributed by atoms with E-state index in [4.69, 9.17) is 4.74 Å². The minimum atomic E-state index is -0.456. The maximum atomic E-state index is 12.4. The molecular formula is C22H26N4O4. The minimum Gasteiger partial charge on any atom is -0.462 e. The van der Waals surface area contributed by atoms with Gasteiger partial charge in [0.2, 0.25) is 0 Å². The molecule has 1 aromatic heterocycles. The second kappa shape index (κ2) is 9.87. The Bertz CT molecular complexity index is 938. The third-order valence-electron chi connectivity index (χ3n) is 4.84. The predicted octanol–water partition coefficient (Wildman–Crippen LogP) is 3.12. The molecular weight excluding hydrogens is 384 g/mol. The van der Waals surface area contributed by atoms with Gasteiger partial charge in [0.25, 0.3) is 5.91 Å². The number of benzene rings is 1. The number of urea groups is 1. The van der Waals surface area contributed by atoms with Crippen LogP contribution in [-0.4, -0.2) is 47.5 Å². The molecule has 0 atom stereocenters. The number of carbonyl (C=O) groups excluding carboxylic acids is 3. The summed E-state index contributed by atoms with van der Waals surface area (Å²) >= 11 is 0. The standard InChI is InChI=1S/C22H26N4O4/c1-3-30-21(28)18-9-10-19(24-15(18)2)20(27)23-14-16-7-6-8-17(13-16)25-22(29)26-11-4-5-12-26/h6-10,13H,3-5,11-12,14H2,1-2H3,(H,23,27)(H,25,29). The van der Waals surface area contributed by atoms with Crippen molar-refractivity contribution < 1.29 is 19.1 Å². The van der Waals surface area contributed by atoms with E-state index in [0.29, 0.717) is 16.9 Å². The molecule has 3 amide bonds. The molecule has 2 N–H and O–H groups in total. The summed E-state index contributed by atoms with van der Waals surface area (Å²) in [6.45, 7) is 5.52. The number of carbonyl (C=O) groups is 3. The third kappa shape index (κ3) is 5.34. The van der Waals surface area contributed by atoms with Crippen LogP contribution in [0.3, 0.4) is 0 Å². The Morgan fingerprint density at radius 2 is 1.90 bits per heavy atom. The van der Waals surface area contributed by atoms with Crippen molar-refractivity contribution in [3.8, 4) is 0 Å². The molecule has 0 unspecified atom stereocenters. The number of esters is 1. The first-order valence-corrected chi connectivity index (χ1v) is 10.1. The van der Waals surface area contributed by atoms with E-state index in [0.717, 1.165) is 31.5 Å². The summed E-state index contributed by atoms with van der Waals surface area (Å²) in [5.41, 5.74) is 2.54. The molecule has 2 aromatic rings. The van der Waals surface area contributed by atoms with E-state index in [1.165, 1.54) is 6.07 Å². The fraction of sp³-hybridized carbons (Fsp3) is 0.364. The SMILES string of the molecule is CCOC(=O)c1ccc(C(=O)NCc2cccc(NC(=O)N3CCCC3)c2)nc1C. The van der Waals surface area contributed by atoms with E-state index in [-0.39, 0.29) is 30.8 Å². The number of aryl methyl sites for hydroxylation is 1. The number of anilines is 1. The van der Waals surface area contributed by atoms with Crippen molar-refractivity contribution in [2.24, 2.45) is 0 Å². The average Bonchev–Trinajstić information content (AvgIpc) is 3.27. The number of ether oxygens (including phenoxy) is 1. The van der Waals surface area contributed by atoms with Crippen LogP contribution in [0.4, 0.5) is 10.5 Å². The van der Waals surface area contributed by atoms with Crippen molar-refractivity contribution in [2.75, 3.05) is 25.0 Å². The summed E-state index contributed by atoms with van der Waals surface area (Å²) in [5, 5.41) is 5.71. The van der Waals surface area contributed by atoms with Crippen LogP contribution in [0.5, 0.6) is 0 Å². The van der Waals surface area contributed by atoms with Gasteiger partial charge in [-0.2, -0.15) is 0 Å². The van der Waals surface area contributed by atoms with Crippen LogP contribution in [0.2, 0.25) is 0 Å². The van der Waals surface area contributed by atoms with Gasteiger partial charge in [0.05, 0.1) is 17.9 Å². The summed E-state index contributed by atoms with van der Waals surface area (Å²) in [6.07, 6.45) is 2.07. The highest BCUT2D eigenvalue weighted by Crippen LogP contribution is 2.14. The smallest absolute Gasteiger partial charge is 0.339 e. The minimum absolute atomic E-state index is 0.102.